The molecule has 0 saturated carbocycles. The summed E-state index contributed by atoms with van der Waals surface area (Å²) < 4.78 is 8.22. The third-order valence-electron chi connectivity index (χ3n) is 3.26. The van der Waals surface area contributed by atoms with Gasteiger partial charge in [0, 0.05) is 10.9 Å². The van der Waals surface area contributed by atoms with Crippen molar-refractivity contribution in [2.45, 2.75) is 13.0 Å². The normalized spacial score (nSPS) is 13.0. The fourth-order valence-electron chi connectivity index (χ4n) is 2.33. The molecular formula is C15H13Br2NOS. The molecule has 1 N–H and O–H groups in total. The topological polar surface area (TPSA) is 25.2 Å². The Morgan fingerprint density at radius 2 is 2.00 bits per heavy atom. The predicted octanol–water partition coefficient (Wildman–Crippen LogP) is 5.64. The molecule has 0 bridgehead atoms. The largest absolute Gasteiger partial charge is 0.459 e. The molecule has 0 aliphatic rings. The molecule has 0 fully saturated rings. The van der Waals surface area contributed by atoms with Gasteiger partial charge in [0.2, 0.25) is 0 Å². The van der Waals surface area contributed by atoms with Crippen LogP contribution in [-0.4, -0.2) is 7.05 Å². The van der Waals surface area contributed by atoms with Crippen LogP contribution in [0.2, 0.25) is 0 Å². The Morgan fingerprint density at radius 1 is 1.20 bits per heavy atom. The highest BCUT2D eigenvalue weighted by Crippen LogP contribution is 2.39. The zero-order valence-corrected chi connectivity index (χ0v) is 15.0. The lowest BCUT2D eigenvalue weighted by molar-refractivity contribution is 0.491. The summed E-state index contributed by atoms with van der Waals surface area (Å²) in [5, 5.41) is 4.47. The lowest BCUT2D eigenvalue weighted by atomic mass is 10.1. The summed E-state index contributed by atoms with van der Waals surface area (Å²) >= 11 is 8.81. The lowest BCUT2D eigenvalue weighted by Crippen LogP contribution is -2.16. The van der Waals surface area contributed by atoms with Gasteiger partial charge in [-0.25, -0.2) is 0 Å². The monoisotopic (exact) mass is 413 g/mol. The van der Waals surface area contributed by atoms with Gasteiger partial charge in [0.25, 0.3) is 0 Å². The smallest absolute Gasteiger partial charge is 0.134 e. The van der Waals surface area contributed by atoms with Crippen LogP contribution in [0, 0.1) is 6.92 Å². The standard InChI is InChI=1S/C15H13Br2NOS/c1-8-3-4-11-9(5-8)6-12(19-11)14(18-2)10-7-13(16)20-15(10)17/h3-7,14,18H,1-2H3. The maximum Gasteiger partial charge on any atom is 0.134 e. The summed E-state index contributed by atoms with van der Waals surface area (Å²) in [6.07, 6.45) is 0. The van der Waals surface area contributed by atoms with Crippen LogP contribution in [-0.2, 0) is 0 Å². The van der Waals surface area contributed by atoms with Crippen molar-refractivity contribution in [3.8, 4) is 0 Å². The third-order valence-corrected chi connectivity index (χ3v) is 5.64. The SMILES string of the molecule is CNC(c1cc2cc(C)ccc2o1)c1cc(Br)sc1Br. The lowest BCUT2D eigenvalue weighted by Gasteiger charge is -2.12. The van der Waals surface area contributed by atoms with Crippen molar-refractivity contribution >= 4 is 54.2 Å². The van der Waals surface area contributed by atoms with Crippen LogP contribution in [0.15, 0.2) is 42.3 Å². The molecule has 0 amide bonds. The summed E-state index contributed by atoms with van der Waals surface area (Å²) in [7, 11) is 1.95. The molecule has 0 aliphatic heterocycles. The maximum absolute atomic E-state index is 6.00. The van der Waals surface area contributed by atoms with E-state index in [1.54, 1.807) is 11.3 Å². The van der Waals surface area contributed by atoms with Gasteiger partial charge in [-0.05, 0) is 70.1 Å². The number of hydrogen-bond donors (Lipinski definition) is 1. The van der Waals surface area contributed by atoms with Gasteiger partial charge < -0.3 is 9.73 Å². The molecule has 104 valence electrons. The summed E-state index contributed by atoms with van der Waals surface area (Å²) in [6, 6.07) is 10.5. The van der Waals surface area contributed by atoms with Crippen molar-refractivity contribution in [3.63, 3.8) is 0 Å². The zero-order valence-electron chi connectivity index (χ0n) is 11.0. The molecule has 2 aromatic heterocycles. The van der Waals surface area contributed by atoms with Crippen LogP contribution in [0.25, 0.3) is 11.0 Å². The van der Waals surface area contributed by atoms with Gasteiger partial charge in [0.05, 0.1) is 13.6 Å². The molecule has 0 saturated heterocycles. The minimum absolute atomic E-state index is 0.0413. The Balaban J connectivity index is 2.09. The molecule has 20 heavy (non-hydrogen) atoms. The third kappa shape index (κ3) is 2.60. The van der Waals surface area contributed by atoms with Crippen LogP contribution < -0.4 is 5.32 Å². The fourth-order valence-corrected chi connectivity index (χ4v) is 5.23. The molecule has 5 heteroatoms. The Labute approximate surface area is 138 Å². The van der Waals surface area contributed by atoms with E-state index in [2.05, 4.69) is 68.4 Å². The summed E-state index contributed by atoms with van der Waals surface area (Å²) in [5.41, 5.74) is 3.35. The van der Waals surface area contributed by atoms with E-state index in [0.29, 0.717) is 0 Å². The Morgan fingerprint density at radius 3 is 2.65 bits per heavy atom. The van der Waals surface area contributed by atoms with Gasteiger partial charge in [-0.2, -0.15) is 0 Å². The van der Waals surface area contributed by atoms with E-state index in [9.17, 15) is 0 Å². The number of fused-ring (bicyclic) bond motifs is 1. The summed E-state index contributed by atoms with van der Waals surface area (Å²) in [5.74, 6) is 0.930. The highest BCUT2D eigenvalue weighted by molar-refractivity contribution is 9.12. The fraction of sp³-hybridized carbons (Fsp3) is 0.200. The molecule has 0 aliphatic carbocycles. The average molecular weight is 415 g/mol. The Hall–Kier alpha value is -0.620. The first kappa shape index (κ1) is 14.3. The average Bonchev–Trinajstić information content (AvgIpc) is 2.94. The van der Waals surface area contributed by atoms with Crippen molar-refractivity contribution in [3.05, 3.63) is 54.8 Å². The van der Waals surface area contributed by atoms with E-state index in [-0.39, 0.29) is 6.04 Å². The van der Waals surface area contributed by atoms with Crippen LogP contribution >= 0.6 is 43.2 Å². The maximum atomic E-state index is 6.00. The van der Waals surface area contributed by atoms with Gasteiger partial charge in [0.15, 0.2) is 0 Å². The van der Waals surface area contributed by atoms with E-state index in [4.69, 9.17) is 4.42 Å². The van der Waals surface area contributed by atoms with Crippen molar-refractivity contribution in [1.29, 1.82) is 0 Å². The first-order chi connectivity index (χ1) is 9.58. The molecule has 1 atom stereocenters. The second kappa shape index (κ2) is 5.64. The van der Waals surface area contributed by atoms with Gasteiger partial charge in [-0.15, -0.1) is 11.3 Å². The highest BCUT2D eigenvalue weighted by Gasteiger charge is 2.21. The van der Waals surface area contributed by atoms with Crippen LogP contribution in [0.4, 0.5) is 0 Å². The van der Waals surface area contributed by atoms with Gasteiger partial charge in [-0.3, -0.25) is 0 Å². The molecule has 2 heterocycles. The summed E-state index contributed by atoms with van der Waals surface area (Å²) in [4.78, 5) is 0. The predicted molar refractivity (Wildman–Crippen MR) is 91.6 cm³/mol. The number of thiophene rings is 1. The molecule has 2 nitrogen and oxygen atoms in total. The van der Waals surface area contributed by atoms with Crippen molar-refractivity contribution in [2.24, 2.45) is 0 Å². The second-order valence-electron chi connectivity index (χ2n) is 4.69. The van der Waals surface area contributed by atoms with Gasteiger partial charge >= 0.3 is 0 Å². The molecule has 3 rings (SSSR count). The number of nitrogens with one attached hydrogen (secondary N) is 1. The molecule has 1 unspecified atom stereocenters. The van der Waals surface area contributed by atoms with Crippen LogP contribution in [0.1, 0.15) is 22.9 Å². The van der Waals surface area contributed by atoms with Gasteiger partial charge in [-0.1, -0.05) is 11.6 Å². The number of hydrogen-bond acceptors (Lipinski definition) is 3. The molecule has 0 radical (unpaired) electrons. The minimum Gasteiger partial charge on any atom is -0.459 e. The van der Waals surface area contributed by atoms with E-state index in [0.717, 1.165) is 24.3 Å². The highest BCUT2D eigenvalue weighted by atomic mass is 79.9. The Kier molecular flexibility index (Phi) is 4.04. The van der Waals surface area contributed by atoms with Crippen molar-refractivity contribution in [1.82, 2.24) is 5.32 Å². The Bertz CT molecular complexity index is 762. The molecule has 3 aromatic rings. The number of halogens is 2. The first-order valence-electron chi connectivity index (χ1n) is 6.20. The number of rotatable bonds is 3. The second-order valence-corrected chi connectivity index (χ2v) is 8.44. The van der Waals surface area contributed by atoms with E-state index in [1.807, 2.05) is 13.1 Å². The van der Waals surface area contributed by atoms with Crippen LogP contribution in [0.3, 0.4) is 0 Å². The summed E-state index contributed by atoms with van der Waals surface area (Å²) in [6.45, 7) is 2.09. The zero-order chi connectivity index (χ0) is 14.3. The molecular weight excluding hydrogens is 402 g/mol. The van der Waals surface area contributed by atoms with E-state index >= 15 is 0 Å². The van der Waals surface area contributed by atoms with Crippen LogP contribution in [0.5, 0.6) is 0 Å². The van der Waals surface area contributed by atoms with Crippen molar-refractivity contribution in [2.75, 3.05) is 7.05 Å². The van der Waals surface area contributed by atoms with E-state index < -0.39 is 0 Å². The molecule has 1 aromatic carbocycles. The van der Waals surface area contributed by atoms with Crippen molar-refractivity contribution < 1.29 is 4.42 Å². The number of furan rings is 1. The quantitative estimate of drug-likeness (QED) is 0.600. The van der Waals surface area contributed by atoms with E-state index in [1.165, 1.54) is 11.1 Å². The number of aryl methyl sites for hydroxylation is 1. The van der Waals surface area contributed by atoms with Gasteiger partial charge in [0.1, 0.15) is 11.3 Å². The molecule has 0 spiro atoms. The first-order valence-corrected chi connectivity index (χ1v) is 8.61. The number of benzene rings is 1. The minimum atomic E-state index is 0.0413.